The van der Waals surface area contributed by atoms with Crippen molar-refractivity contribution in [3.8, 4) is 11.8 Å². The zero-order valence-corrected chi connectivity index (χ0v) is 16.3. The summed E-state index contributed by atoms with van der Waals surface area (Å²) in [4.78, 5) is 0. The van der Waals surface area contributed by atoms with Gasteiger partial charge in [-0.3, -0.25) is 0 Å². The van der Waals surface area contributed by atoms with Crippen LogP contribution in [0.15, 0.2) is 54.6 Å². The number of fused-ring (bicyclic) bond motifs is 1. The molecule has 3 aromatic carbocycles. The second kappa shape index (κ2) is 9.38. The Morgan fingerprint density at radius 2 is 1.59 bits per heavy atom. The second-order valence-electron chi connectivity index (χ2n) is 7.26. The largest absolute Gasteiger partial charge is 0.205 e. The van der Waals surface area contributed by atoms with Gasteiger partial charge in [-0.15, -0.1) is 0 Å². The van der Waals surface area contributed by atoms with Crippen LogP contribution >= 0.6 is 0 Å². The van der Waals surface area contributed by atoms with Crippen LogP contribution < -0.4 is 0 Å². The maximum atomic E-state index is 14.9. The molecule has 0 atom stereocenters. The van der Waals surface area contributed by atoms with Crippen molar-refractivity contribution in [1.29, 1.82) is 0 Å². The van der Waals surface area contributed by atoms with Gasteiger partial charge in [-0.25, -0.2) is 4.39 Å². The lowest BCUT2D eigenvalue weighted by Gasteiger charge is -2.06. The van der Waals surface area contributed by atoms with Crippen LogP contribution in [0.3, 0.4) is 0 Å². The smallest absolute Gasteiger partial charge is 0.146 e. The van der Waals surface area contributed by atoms with Crippen LogP contribution in [0, 0.1) is 24.6 Å². The molecule has 0 radical (unpaired) electrons. The zero-order chi connectivity index (χ0) is 19.1. The highest BCUT2D eigenvalue weighted by molar-refractivity contribution is 5.85. The van der Waals surface area contributed by atoms with E-state index in [1.165, 1.54) is 43.2 Å². The number of benzene rings is 3. The lowest BCUT2D eigenvalue weighted by atomic mass is 10.00. The fourth-order valence-corrected chi connectivity index (χ4v) is 3.30. The van der Waals surface area contributed by atoms with Crippen molar-refractivity contribution in [2.45, 2.75) is 52.4 Å². The number of halogens is 1. The van der Waals surface area contributed by atoms with E-state index in [0.717, 1.165) is 17.4 Å². The molecule has 0 saturated carbocycles. The Labute approximate surface area is 162 Å². The Bertz CT molecular complexity index is 955. The Morgan fingerprint density at radius 3 is 2.37 bits per heavy atom. The molecular weight excluding hydrogens is 331 g/mol. The van der Waals surface area contributed by atoms with Gasteiger partial charge in [-0.2, -0.15) is 0 Å². The summed E-state index contributed by atoms with van der Waals surface area (Å²) in [7, 11) is 0. The summed E-state index contributed by atoms with van der Waals surface area (Å²) < 4.78 is 14.9. The van der Waals surface area contributed by atoms with Crippen LogP contribution in [0.25, 0.3) is 10.8 Å². The van der Waals surface area contributed by atoms with Crippen molar-refractivity contribution < 1.29 is 4.39 Å². The van der Waals surface area contributed by atoms with Gasteiger partial charge in [-0.1, -0.05) is 86.4 Å². The molecule has 0 saturated heterocycles. The van der Waals surface area contributed by atoms with Gasteiger partial charge in [0.1, 0.15) is 5.82 Å². The van der Waals surface area contributed by atoms with Crippen molar-refractivity contribution in [3.63, 3.8) is 0 Å². The topological polar surface area (TPSA) is 0 Å². The normalized spacial score (nSPS) is 10.6. The van der Waals surface area contributed by atoms with Crippen LogP contribution in [-0.2, 0) is 6.42 Å². The number of unbranched alkanes of at least 4 members (excludes halogenated alkanes) is 4. The molecule has 0 bridgehead atoms. The fraction of sp³-hybridized carbons (Fsp3) is 0.308. The lowest BCUT2D eigenvalue weighted by Crippen LogP contribution is -1.90. The first kappa shape index (κ1) is 19.2. The van der Waals surface area contributed by atoms with E-state index in [0.29, 0.717) is 10.9 Å². The summed E-state index contributed by atoms with van der Waals surface area (Å²) in [6.45, 7) is 4.27. The fourth-order valence-electron chi connectivity index (χ4n) is 3.30. The van der Waals surface area contributed by atoms with Crippen molar-refractivity contribution in [2.24, 2.45) is 0 Å². The van der Waals surface area contributed by atoms with Crippen LogP contribution in [0.2, 0.25) is 0 Å². The van der Waals surface area contributed by atoms with Gasteiger partial charge < -0.3 is 0 Å². The van der Waals surface area contributed by atoms with E-state index in [4.69, 9.17) is 0 Å². The minimum atomic E-state index is -0.221. The predicted octanol–water partition coefficient (Wildman–Crippen LogP) is 7.20. The third-order valence-corrected chi connectivity index (χ3v) is 4.98. The SMILES string of the molecule is CCCCCCCc1ccc2c(F)c(C#Cc3ccc(C)cc3)ccc2c1. The summed E-state index contributed by atoms with van der Waals surface area (Å²) in [6, 6.07) is 17.8. The quantitative estimate of drug-likeness (QED) is 0.323. The maximum absolute atomic E-state index is 14.9. The van der Waals surface area contributed by atoms with Gasteiger partial charge in [0.2, 0.25) is 0 Å². The van der Waals surface area contributed by atoms with Crippen molar-refractivity contribution in [2.75, 3.05) is 0 Å². The third kappa shape index (κ3) is 5.20. The molecule has 0 nitrogen and oxygen atoms in total. The number of hydrogen-bond donors (Lipinski definition) is 0. The van der Waals surface area contributed by atoms with E-state index in [9.17, 15) is 4.39 Å². The molecule has 0 N–H and O–H groups in total. The van der Waals surface area contributed by atoms with E-state index in [1.807, 2.05) is 43.3 Å². The minimum absolute atomic E-state index is 0.221. The number of aryl methyl sites for hydroxylation is 2. The number of rotatable bonds is 6. The van der Waals surface area contributed by atoms with E-state index in [2.05, 4.69) is 30.9 Å². The van der Waals surface area contributed by atoms with E-state index >= 15 is 0 Å². The van der Waals surface area contributed by atoms with E-state index in [1.54, 1.807) is 6.07 Å². The first-order chi connectivity index (χ1) is 13.2. The Balaban J connectivity index is 1.75. The van der Waals surface area contributed by atoms with Crippen LogP contribution in [0.4, 0.5) is 4.39 Å². The lowest BCUT2D eigenvalue weighted by molar-refractivity contribution is 0.631. The zero-order valence-electron chi connectivity index (χ0n) is 16.3. The molecule has 0 aromatic heterocycles. The highest BCUT2D eigenvalue weighted by Gasteiger charge is 2.06. The molecule has 0 heterocycles. The van der Waals surface area contributed by atoms with Gasteiger partial charge in [0, 0.05) is 10.9 Å². The van der Waals surface area contributed by atoms with E-state index in [-0.39, 0.29) is 5.82 Å². The van der Waals surface area contributed by atoms with Gasteiger partial charge in [0.15, 0.2) is 0 Å². The van der Waals surface area contributed by atoms with Crippen molar-refractivity contribution >= 4 is 10.8 Å². The molecule has 0 amide bonds. The van der Waals surface area contributed by atoms with Gasteiger partial charge >= 0.3 is 0 Å². The Hall–Kier alpha value is -2.59. The molecule has 0 spiro atoms. The molecule has 0 fully saturated rings. The molecule has 3 aromatic rings. The van der Waals surface area contributed by atoms with E-state index < -0.39 is 0 Å². The number of hydrogen-bond acceptors (Lipinski definition) is 0. The highest BCUT2D eigenvalue weighted by Crippen LogP contribution is 2.23. The van der Waals surface area contributed by atoms with Gasteiger partial charge in [0.25, 0.3) is 0 Å². The molecule has 1 heteroatoms. The van der Waals surface area contributed by atoms with Crippen LogP contribution in [0.1, 0.15) is 61.3 Å². The summed E-state index contributed by atoms with van der Waals surface area (Å²) in [5, 5.41) is 1.61. The first-order valence-corrected chi connectivity index (χ1v) is 9.97. The second-order valence-corrected chi connectivity index (χ2v) is 7.26. The minimum Gasteiger partial charge on any atom is -0.205 e. The van der Waals surface area contributed by atoms with Gasteiger partial charge in [-0.05, 0) is 48.9 Å². The molecule has 0 aliphatic heterocycles. The van der Waals surface area contributed by atoms with Crippen molar-refractivity contribution in [3.05, 3.63) is 82.7 Å². The molecule has 138 valence electrons. The monoisotopic (exact) mass is 358 g/mol. The third-order valence-electron chi connectivity index (χ3n) is 4.98. The average Bonchev–Trinajstić information content (AvgIpc) is 2.68. The maximum Gasteiger partial charge on any atom is 0.146 e. The predicted molar refractivity (Wildman–Crippen MR) is 114 cm³/mol. The molecule has 0 unspecified atom stereocenters. The summed E-state index contributed by atoms with van der Waals surface area (Å²) >= 11 is 0. The summed E-state index contributed by atoms with van der Waals surface area (Å²) in [5.41, 5.74) is 3.84. The first-order valence-electron chi connectivity index (χ1n) is 9.97. The Morgan fingerprint density at radius 1 is 0.815 bits per heavy atom. The molecular formula is C26H27F. The average molecular weight is 359 g/mol. The highest BCUT2D eigenvalue weighted by atomic mass is 19.1. The molecule has 3 rings (SSSR count). The standard InChI is InChI=1S/C26H27F/c1-3-4-5-6-7-8-22-14-18-25-24(19-22)17-16-23(26(25)27)15-13-21-11-9-20(2)10-12-21/h9-12,14,16-19H,3-8H2,1-2H3. The Kier molecular flexibility index (Phi) is 6.66. The van der Waals surface area contributed by atoms with Crippen LogP contribution in [-0.4, -0.2) is 0 Å². The van der Waals surface area contributed by atoms with Gasteiger partial charge in [0.05, 0.1) is 5.56 Å². The molecule has 0 aliphatic rings. The molecule has 27 heavy (non-hydrogen) atoms. The summed E-state index contributed by atoms with van der Waals surface area (Å²) in [6.07, 6.45) is 7.43. The van der Waals surface area contributed by atoms with Crippen LogP contribution in [0.5, 0.6) is 0 Å². The van der Waals surface area contributed by atoms with Crippen molar-refractivity contribution in [1.82, 2.24) is 0 Å². The summed E-state index contributed by atoms with van der Waals surface area (Å²) in [5.74, 6) is 5.82. The molecule has 0 aliphatic carbocycles.